The minimum absolute atomic E-state index is 0.265. The van der Waals surface area contributed by atoms with E-state index in [0.717, 1.165) is 12.1 Å². The molecule has 0 saturated carbocycles. The summed E-state index contributed by atoms with van der Waals surface area (Å²) in [5, 5.41) is 2.88. The maximum Gasteiger partial charge on any atom is 0.460 e. The Morgan fingerprint density at radius 1 is 0.733 bits per heavy atom. The van der Waals surface area contributed by atoms with E-state index < -0.39 is 36.4 Å². The van der Waals surface area contributed by atoms with E-state index >= 15 is 0 Å². The molecule has 0 heterocycles. The van der Waals surface area contributed by atoms with E-state index in [1.165, 1.54) is 12.1 Å². The lowest BCUT2D eigenvalue weighted by molar-refractivity contribution is -0.397. The Morgan fingerprint density at radius 3 is 1.70 bits per heavy atom. The second kappa shape index (κ2) is 8.10. The minimum Gasteiger partial charge on any atom is -0.200 e. The quantitative estimate of drug-likeness (QED) is 0.184. The van der Waals surface area contributed by atoms with E-state index in [1.807, 2.05) is 0 Å². The van der Waals surface area contributed by atoms with Gasteiger partial charge in [0.15, 0.2) is 0 Å². The van der Waals surface area contributed by atoms with Gasteiger partial charge >= 0.3 is 23.9 Å². The fourth-order valence-corrected chi connectivity index (χ4v) is 2.59. The summed E-state index contributed by atoms with van der Waals surface area (Å²) in [6.45, 7) is 0. The average molecular weight is 441 g/mol. The van der Waals surface area contributed by atoms with Gasteiger partial charge in [-0.1, -0.05) is 59.7 Å². The third-order valence-corrected chi connectivity index (χ3v) is 4.25. The van der Waals surface area contributed by atoms with Gasteiger partial charge in [0.25, 0.3) is 0 Å². The molecule has 12 heteroatoms. The summed E-state index contributed by atoms with van der Waals surface area (Å²) in [5.74, 6) is -19.6. The summed E-state index contributed by atoms with van der Waals surface area (Å²) < 4.78 is 118. The maximum absolute atomic E-state index is 13.9. The van der Waals surface area contributed by atoms with Crippen molar-refractivity contribution in [1.29, 1.82) is 0 Å². The molecule has 162 valence electrons. The van der Waals surface area contributed by atoms with Gasteiger partial charge in [0.2, 0.25) is 0 Å². The molecule has 0 spiro atoms. The van der Waals surface area contributed by atoms with Gasteiger partial charge in [-0.05, 0) is 22.2 Å². The predicted octanol–water partition coefficient (Wildman–Crippen LogP) is 7.56. The fourth-order valence-electron chi connectivity index (χ4n) is 2.59. The van der Waals surface area contributed by atoms with E-state index in [4.69, 9.17) is 5.53 Å². The molecule has 0 bridgehead atoms. The molecule has 0 amide bonds. The van der Waals surface area contributed by atoms with Crippen LogP contribution in [0.5, 0.6) is 0 Å². The summed E-state index contributed by atoms with van der Waals surface area (Å²) >= 11 is 0. The average Bonchev–Trinajstić information content (AvgIpc) is 2.67. The molecule has 0 aliphatic rings. The highest BCUT2D eigenvalue weighted by Gasteiger charge is 2.81. The van der Waals surface area contributed by atoms with E-state index in [0.29, 0.717) is 11.1 Å². The highest BCUT2D eigenvalue weighted by atomic mass is 19.4. The molecule has 30 heavy (non-hydrogen) atoms. The van der Waals surface area contributed by atoms with Gasteiger partial charge in [0, 0.05) is 11.3 Å². The van der Waals surface area contributed by atoms with E-state index in [9.17, 15) is 39.5 Å². The molecule has 2 aromatic carbocycles. The Balaban J connectivity index is 2.36. The summed E-state index contributed by atoms with van der Waals surface area (Å²) in [4.78, 5) is 2.21. The van der Waals surface area contributed by atoms with Crippen LogP contribution in [0.1, 0.15) is 18.0 Å². The lowest BCUT2D eigenvalue weighted by atomic mass is 9.93. The first-order valence-corrected chi connectivity index (χ1v) is 8.14. The zero-order valence-corrected chi connectivity index (χ0v) is 14.7. The molecule has 2 rings (SSSR count). The molecule has 1 unspecified atom stereocenters. The third kappa shape index (κ3) is 4.33. The van der Waals surface area contributed by atoms with Crippen molar-refractivity contribution in [3.63, 3.8) is 0 Å². The van der Waals surface area contributed by atoms with Crippen molar-refractivity contribution in [3.05, 3.63) is 70.6 Å². The van der Waals surface area contributed by atoms with Crippen molar-refractivity contribution in [2.75, 3.05) is 0 Å². The Morgan fingerprint density at radius 2 is 1.23 bits per heavy atom. The van der Waals surface area contributed by atoms with Crippen LogP contribution < -0.4 is 0 Å². The molecule has 2 aromatic rings. The lowest BCUT2D eigenvalue weighted by Crippen LogP contribution is -2.61. The SMILES string of the molecule is [N-]=[N+]=NC(CC(F)(F)C(F)(F)C(F)(F)C(F)(F)F)c1ccc(-c2ccccc2)cc1. The summed E-state index contributed by atoms with van der Waals surface area (Å²) in [6, 6.07) is 11.4. The van der Waals surface area contributed by atoms with Gasteiger partial charge in [-0.3, -0.25) is 0 Å². The molecule has 1 atom stereocenters. The lowest BCUT2D eigenvalue weighted by Gasteiger charge is -2.34. The molecule has 0 aliphatic heterocycles. The molecule has 0 N–H and O–H groups in total. The number of rotatable bonds is 7. The summed E-state index contributed by atoms with van der Waals surface area (Å²) in [7, 11) is 0. The smallest absolute Gasteiger partial charge is 0.200 e. The topological polar surface area (TPSA) is 48.8 Å². The Labute approximate surface area is 163 Å². The van der Waals surface area contributed by atoms with Crippen LogP contribution in [0, 0.1) is 0 Å². The number of hydrogen-bond donors (Lipinski definition) is 0. The number of halogens is 9. The Kier molecular flexibility index (Phi) is 6.31. The number of azide groups is 1. The number of benzene rings is 2. The first-order valence-electron chi connectivity index (χ1n) is 8.14. The number of nitrogens with zero attached hydrogens (tertiary/aromatic N) is 3. The largest absolute Gasteiger partial charge is 0.460 e. The van der Waals surface area contributed by atoms with E-state index in [1.54, 1.807) is 30.3 Å². The summed E-state index contributed by atoms with van der Waals surface area (Å²) in [5.41, 5.74) is 9.52. The van der Waals surface area contributed by atoms with Crippen molar-refractivity contribution in [3.8, 4) is 11.1 Å². The molecular formula is C18H12F9N3. The predicted molar refractivity (Wildman–Crippen MR) is 89.3 cm³/mol. The van der Waals surface area contributed by atoms with E-state index in [2.05, 4.69) is 10.0 Å². The second-order valence-electron chi connectivity index (χ2n) is 6.26. The van der Waals surface area contributed by atoms with E-state index in [-0.39, 0.29) is 5.56 Å². The van der Waals surface area contributed by atoms with Gasteiger partial charge < -0.3 is 0 Å². The molecule has 0 aromatic heterocycles. The second-order valence-corrected chi connectivity index (χ2v) is 6.26. The maximum atomic E-state index is 13.9. The van der Waals surface area contributed by atoms with Crippen molar-refractivity contribution in [2.45, 2.75) is 36.4 Å². The minimum atomic E-state index is -7.00. The first kappa shape index (κ1) is 23.4. The Hall–Kier alpha value is -2.88. The molecule has 0 saturated heterocycles. The van der Waals surface area contributed by atoms with Gasteiger partial charge in [-0.15, -0.1) is 0 Å². The van der Waals surface area contributed by atoms with Crippen LogP contribution in [0.15, 0.2) is 59.7 Å². The van der Waals surface area contributed by atoms with Crippen LogP contribution in [-0.2, 0) is 0 Å². The van der Waals surface area contributed by atoms with Crippen LogP contribution in [0.25, 0.3) is 21.6 Å². The van der Waals surface area contributed by atoms with Crippen LogP contribution in [0.2, 0.25) is 0 Å². The van der Waals surface area contributed by atoms with Gasteiger partial charge in [0.1, 0.15) is 0 Å². The van der Waals surface area contributed by atoms with Crippen LogP contribution >= 0.6 is 0 Å². The van der Waals surface area contributed by atoms with Gasteiger partial charge in [-0.25, -0.2) is 0 Å². The standard InChI is InChI=1S/C18H12F9N3/c19-15(20,16(21,22)17(23,24)18(25,26)27)10-14(29-30-28)13-8-6-12(7-9-13)11-4-2-1-3-5-11/h1-9,14H,10H2. The zero-order chi connectivity index (χ0) is 22.8. The molecule has 3 nitrogen and oxygen atoms in total. The fraction of sp³-hybridized carbons (Fsp3) is 0.333. The van der Waals surface area contributed by atoms with Gasteiger partial charge in [-0.2, -0.15) is 39.5 Å². The number of alkyl halides is 9. The highest BCUT2D eigenvalue weighted by Crippen LogP contribution is 2.55. The summed E-state index contributed by atoms with van der Waals surface area (Å²) in [6.07, 6.45) is -9.17. The molecular weight excluding hydrogens is 429 g/mol. The number of hydrogen-bond acceptors (Lipinski definition) is 1. The molecule has 0 radical (unpaired) electrons. The Bertz CT molecular complexity index is 903. The zero-order valence-electron chi connectivity index (χ0n) is 14.7. The highest BCUT2D eigenvalue weighted by molar-refractivity contribution is 5.63. The molecule has 0 fully saturated rings. The van der Waals surface area contributed by atoms with Crippen LogP contribution in [0.3, 0.4) is 0 Å². The van der Waals surface area contributed by atoms with Crippen LogP contribution in [-0.4, -0.2) is 23.9 Å². The normalized spacial score (nSPS) is 14.2. The molecule has 0 aliphatic carbocycles. The van der Waals surface area contributed by atoms with Crippen LogP contribution in [0.4, 0.5) is 39.5 Å². The van der Waals surface area contributed by atoms with Crippen molar-refractivity contribution < 1.29 is 39.5 Å². The van der Waals surface area contributed by atoms with Gasteiger partial charge in [0.05, 0.1) is 6.04 Å². The monoisotopic (exact) mass is 441 g/mol. The van der Waals surface area contributed by atoms with Crippen molar-refractivity contribution in [2.24, 2.45) is 5.11 Å². The van der Waals surface area contributed by atoms with Crippen molar-refractivity contribution >= 4 is 0 Å². The third-order valence-electron chi connectivity index (χ3n) is 4.25. The first-order chi connectivity index (χ1) is 13.7. The van der Waals surface area contributed by atoms with Crippen molar-refractivity contribution in [1.82, 2.24) is 0 Å².